The van der Waals surface area contributed by atoms with Crippen LogP contribution in [-0.4, -0.2) is 38.4 Å². The van der Waals surface area contributed by atoms with E-state index < -0.39 is 36.8 Å². The fraction of sp³-hybridized carbons (Fsp3) is 0.684. The average Bonchev–Trinajstić information content (AvgIpc) is 3.03. The van der Waals surface area contributed by atoms with Gasteiger partial charge in [0.15, 0.2) is 5.76 Å². The molecule has 5 rings (SSSR count). The fourth-order valence-corrected chi connectivity index (χ4v) is 5.86. The number of hydrogen-bond donors (Lipinski definition) is 3. The van der Waals surface area contributed by atoms with Gasteiger partial charge in [-0.05, 0) is 37.2 Å². The van der Waals surface area contributed by atoms with Crippen molar-refractivity contribution in [2.24, 2.45) is 17.3 Å². The number of aromatic amines is 1. The lowest BCUT2D eigenvalue weighted by Crippen LogP contribution is -2.48. The number of aliphatic hydroxyl groups excluding tert-OH is 1. The number of rotatable bonds is 6. The summed E-state index contributed by atoms with van der Waals surface area (Å²) in [6.45, 7) is 5.78. The second kappa shape index (κ2) is 7.76. The van der Waals surface area contributed by atoms with Crippen LogP contribution in [0.1, 0.15) is 44.9 Å². The highest BCUT2D eigenvalue weighted by Crippen LogP contribution is 2.65. The highest BCUT2D eigenvalue weighted by Gasteiger charge is 2.54. The van der Waals surface area contributed by atoms with Gasteiger partial charge >= 0.3 is 12.8 Å². The zero-order chi connectivity index (χ0) is 21.8. The molecule has 166 valence electrons. The van der Waals surface area contributed by atoms with Crippen molar-refractivity contribution in [2.45, 2.75) is 58.5 Å². The third-order valence-electron chi connectivity index (χ3n) is 6.70. The Hall–Kier alpha value is -1.16. The lowest BCUT2D eigenvalue weighted by Gasteiger charge is -2.55. The number of aromatic nitrogens is 2. The molecule has 30 heavy (non-hydrogen) atoms. The summed E-state index contributed by atoms with van der Waals surface area (Å²) < 4.78 is 18.1. The number of aliphatic hydroxyl groups is 1. The zero-order valence-corrected chi connectivity index (χ0v) is 18.8. The van der Waals surface area contributed by atoms with Gasteiger partial charge in [0.25, 0.3) is 5.56 Å². The molecule has 1 aromatic rings. The van der Waals surface area contributed by atoms with E-state index in [2.05, 4.69) is 18.8 Å². The summed E-state index contributed by atoms with van der Waals surface area (Å²) in [5.41, 5.74) is -0.607. The molecule has 2 bridgehead atoms. The number of aryl methyl sites for hydroxylation is 1. The standard InChI is InChI=1S/C19H27N2O7PS/c1-10-8-21(18(24)20-17(10)23)16-7-13(22)15(27-16)9-26-29(25,30)28-14-5-4-11-6-12(14)19(11,2)3/h5,8,11-13,15-16,22H,4,6-7,9H2,1-3H3,(H,25,30)(H,20,23,24)/t11-,12-,13+,15-,16-,29?/m1/s1. The van der Waals surface area contributed by atoms with Crippen LogP contribution in [0, 0.1) is 24.2 Å². The Morgan fingerprint density at radius 3 is 2.80 bits per heavy atom. The Kier molecular flexibility index (Phi) is 5.70. The van der Waals surface area contributed by atoms with Gasteiger partial charge in [-0.3, -0.25) is 14.3 Å². The Morgan fingerprint density at radius 1 is 1.40 bits per heavy atom. The van der Waals surface area contributed by atoms with Gasteiger partial charge in [0.2, 0.25) is 0 Å². The summed E-state index contributed by atoms with van der Waals surface area (Å²) >= 11 is 5.17. The first-order valence-electron chi connectivity index (χ1n) is 10.0. The van der Waals surface area contributed by atoms with Gasteiger partial charge in [-0.2, -0.15) is 4.52 Å². The first-order valence-corrected chi connectivity index (χ1v) is 12.6. The van der Waals surface area contributed by atoms with E-state index in [1.807, 2.05) is 6.08 Å². The van der Waals surface area contributed by atoms with Crippen LogP contribution in [-0.2, 0) is 26.0 Å². The largest absolute Gasteiger partial charge is 0.449 e. The fourth-order valence-electron chi connectivity index (χ4n) is 4.56. The van der Waals surface area contributed by atoms with Gasteiger partial charge in [-0.1, -0.05) is 13.8 Å². The minimum Gasteiger partial charge on any atom is -0.449 e. The lowest BCUT2D eigenvalue weighted by molar-refractivity contribution is -0.0483. The molecule has 6 atom stereocenters. The Labute approximate surface area is 179 Å². The summed E-state index contributed by atoms with van der Waals surface area (Å²) in [5.74, 6) is 1.54. The maximum Gasteiger partial charge on any atom is 0.331 e. The van der Waals surface area contributed by atoms with Crippen LogP contribution in [0.4, 0.5) is 0 Å². The second-order valence-electron chi connectivity index (χ2n) is 8.92. The molecular formula is C19H27N2O7PS. The quantitative estimate of drug-likeness (QED) is 0.435. The number of H-pyrrole nitrogens is 1. The molecule has 4 aliphatic rings. The molecular weight excluding hydrogens is 431 g/mol. The van der Waals surface area contributed by atoms with E-state index in [0.29, 0.717) is 17.2 Å². The molecule has 0 radical (unpaired) electrons. The summed E-state index contributed by atoms with van der Waals surface area (Å²) in [7, 11) is -3.57. The van der Waals surface area contributed by atoms with Crippen LogP contribution >= 0.6 is 7.15 Å². The summed E-state index contributed by atoms with van der Waals surface area (Å²) in [5, 5.41) is 10.3. The van der Waals surface area contributed by atoms with E-state index in [1.165, 1.54) is 10.8 Å². The van der Waals surface area contributed by atoms with E-state index in [-0.39, 0.29) is 24.4 Å². The molecule has 1 unspecified atom stereocenters. The van der Waals surface area contributed by atoms with Gasteiger partial charge in [0, 0.05) is 24.1 Å². The van der Waals surface area contributed by atoms with Crippen LogP contribution in [0.3, 0.4) is 0 Å². The third kappa shape index (κ3) is 4.01. The number of ether oxygens (including phenoxy) is 1. The Balaban J connectivity index is 1.37. The molecule has 1 saturated carbocycles. The van der Waals surface area contributed by atoms with E-state index in [0.717, 1.165) is 12.8 Å². The molecule has 3 aliphatic carbocycles. The number of allylic oxidation sites excluding steroid dienone is 2. The molecule has 1 aromatic heterocycles. The maximum atomic E-state index is 12.1. The Morgan fingerprint density at radius 2 is 2.13 bits per heavy atom. The van der Waals surface area contributed by atoms with Crippen molar-refractivity contribution in [2.75, 3.05) is 6.61 Å². The van der Waals surface area contributed by atoms with Crippen LogP contribution < -0.4 is 11.2 Å². The van der Waals surface area contributed by atoms with Crippen molar-refractivity contribution in [3.05, 3.63) is 44.4 Å². The second-order valence-corrected chi connectivity index (χ2v) is 11.7. The van der Waals surface area contributed by atoms with Crippen LogP contribution in [0.25, 0.3) is 0 Å². The molecule has 3 N–H and O–H groups in total. The van der Waals surface area contributed by atoms with Crippen molar-refractivity contribution in [3.8, 4) is 0 Å². The average molecular weight is 458 g/mol. The normalized spacial score (nSPS) is 34.1. The molecule has 2 fully saturated rings. The van der Waals surface area contributed by atoms with Gasteiger partial charge < -0.3 is 26.6 Å². The van der Waals surface area contributed by atoms with Gasteiger partial charge in [0.05, 0.1) is 6.10 Å². The van der Waals surface area contributed by atoms with Gasteiger partial charge in [-0.25, -0.2) is 9.69 Å². The molecule has 0 amide bonds. The van der Waals surface area contributed by atoms with Crippen molar-refractivity contribution in [3.63, 3.8) is 0 Å². The van der Waals surface area contributed by atoms with E-state index in [4.69, 9.17) is 26.0 Å². The highest BCUT2D eigenvalue weighted by molar-refractivity contribution is 8.35. The number of nitrogens with zero attached hydrogens (tertiary/aromatic N) is 1. The SMILES string of the molecule is Cc1cn([C@H]2C[C@H](O)[C@@H](CO[P+](O)([S-])OC3=CC[C@@H]4C[C@H]3C4(C)C)O2)c(=O)[nH]c1=O. The van der Waals surface area contributed by atoms with Crippen LogP contribution in [0.2, 0.25) is 0 Å². The first kappa shape index (κ1) is 22.0. The molecule has 1 saturated heterocycles. The van der Waals surface area contributed by atoms with E-state index in [1.54, 1.807) is 6.92 Å². The van der Waals surface area contributed by atoms with Gasteiger partial charge in [0.1, 0.15) is 18.9 Å². The van der Waals surface area contributed by atoms with Crippen LogP contribution in [0.5, 0.6) is 0 Å². The van der Waals surface area contributed by atoms with Gasteiger partial charge in [-0.15, -0.1) is 0 Å². The summed E-state index contributed by atoms with van der Waals surface area (Å²) in [4.78, 5) is 36.3. The topological polar surface area (TPSA) is 123 Å². The number of nitrogens with one attached hydrogen (secondary N) is 1. The predicted octanol–water partition coefficient (Wildman–Crippen LogP) is 1.69. The zero-order valence-electron chi connectivity index (χ0n) is 17.1. The van der Waals surface area contributed by atoms with Crippen molar-refractivity contribution in [1.29, 1.82) is 0 Å². The summed E-state index contributed by atoms with van der Waals surface area (Å²) in [6, 6.07) is 0. The Bertz CT molecular complexity index is 972. The molecule has 2 heterocycles. The molecule has 9 nitrogen and oxygen atoms in total. The smallest absolute Gasteiger partial charge is 0.331 e. The van der Waals surface area contributed by atoms with Crippen LogP contribution in [0.15, 0.2) is 27.6 Å². The molecule has 0 spiro atoms. The van der Waals surface area contributed by atoms with E-state index >= 15 is 0 Å². The summed E-state index contributed by atoms with van der Waals surface area (Å²) in [6.07, 6.45) is 2.94. The number of hydrogen-bond acceptors (Lipinski definition) is 8. The van der Waals surface area contributed by atoms with Crippen molar-refractivity contribution < 1.29 is 23.8 Å². The molecule has 0 aromatic carbocycles. The minimum absolute atomic E-state index is 0.124. The van der Waals surface area contributed by atoms with Crippen molar-refractivity contribution in [1.82, 2.24) is 9.55 Å². The minimum atomic E-state index is -3.57. The number of fused-ring (bicyclic) bond motifs is 1. The molecule has 11 heteroatoms. The van der Waals surface area contributed by atoms with Crippen molar-refractivity contribution >= 4 is 19.4 Å². The third-order valence-corrected chi connectivity index (χ3v) is 8.16. The first-order chi connectivity index (χ1) is 14.0. The maximum absolute atomic E-state index is 12.1. The van der Waals surface area contributed by atoms with E-state index in [9.17, 15) is 19.6 Å². The molecule has 1 aliphatic heterocycles. The predicted molar refractivity (Wildman–Crippen MR) is 112 cm³/mol. The lowest BCUT2D eigenvalue weighted by atomic mass is 9.50. The monoisotopic (exact) mass is 458 g/mol. The highest BCUT2D eigenvalue weighted by atomic mass is 32.7.